The van der Waals surface area contributed by atoms with Gasteiger partial charge in [-0.15, -0.1) is 0 Å². The first-order chi connectivity index (χ1) is 14.6. The molecule has 0 amide bonds. The summed E-state index contributed by atoms with van der Waals surface area (Å²) in [5.41, 5.74) is 2.02. The minimum Gasteiger partial charge on any atom is -0.487 e. The standard InChI is InChI=1S/C24H36N4O2/c1-4-25-24(28-17-21(12-14-29)15-19(2)3)27-16-20-8-10-23(11-9-20)30-18-22-7-5-6-13-26-22/h5-11,13,19,21,29H,4,12,14-18H2,1-3H3,(H2,25,27,28). The van der Waals surface area contributed by atoms with E-state index < -0.39 is 0 Å². The predicted molar refractivity (Wildman–Crippen MR) is 122 cm³/mol. The van der Waals surface area contributed by atoms with Gasteiger partial charge in [0.15, 0.2) is 5.96 Å². The first kappa shape index (κ1) is 23.7. The third kappa shape index (κ3) is 9.27. The highest BCUT2D eigenvalue weighted by atomic mass is 16.5. The lowest BCUT2D eigenvalue weighted by molar-refractivity contribution is 0.243. The molecule has 2 aromatic rings. The zero-order valence-electron chi connectivity index (χ0n) is 18.5. The number of guanidine groups is 1. The number of rotatable bonds is 12. The molecule has 0 aliphatic carbocycles. The van der Waals surface area contributed by atoms with Crippen molar-refractivity contribution in [2.45, 2.75) is 46.8 Å². The lowest BCUT2D eigenvalue weighted by Crippen LogP contribution is -2.40. The van der Waals surface area contributed by atoms with Gasteiger partial charge in [0.05, 0.1) is 12.2 Å². The van der Waals surface area contributed by atoms with E-state index in [1.807, 2.05) is 42.5 Å². The summed E-state index contributed by atoms with van der Waals surface area (Å²) in [6.07, 6.45) is 3.67. The third-order valence-electron chi connectivity index (χ3n) is 4.70. The number of pyridine rings is 1. The van der Waals surface area contributed by atoms with Crippen LogP contribution in [0.4, 0.5) is 0 Å². The first-order valence-corrected chi connectivity index (χ1v) is 10.8. The van der Waals surface area contributed by atoms with Crippen molar-refractivity contribution in [2.24, 2.45) is 16.8 Å². The van der Waals surface area contributed by atoms with Gasteiger partial charge in [-0.05, 0) is 61.4 Å². The maximum atomic E-state index is 9.31. The van der Waals surface area contributed by atoms with Crippen molar-refractivity contribution in [3.05, 3.63) is 59.9 Å². The number of ether oxygens (including phenoxy) is 1. The molecule has 1 heterocycles. The summed E-state index contributed by atoms with van der Waals surface area (Å²) in [4.78, 5) is 8.96. The van der Waals surface area contributed by atoms with Gasteiger partial charge in [0.25, 0.3) is 0 Å². The van der Waals surface area contributed by atoms with Gasteiger partial charge >= 0.3 is 0 Å². The number of nitrogens with zero attached hydrogens (tertiary/aromatic N) is 2. The zero-order valence-corrected chi connectivity index (χ0v) is 18.5. The van der Waals surface area contributed by atoms with Crippen LogP contribution in [0.5, 0.6) is 5.75 Å². The van der Waals surface area contributed by atoms with E-state index in [1.54, 1.807) is 6.20 Å². The quantitative estimate of drug-likeness (QED) is 0.365. The SMILES string of the molecule is CCNC(=NCc1ccc(OCc2ccccn2)cc1)NCC(CCO)CC(C)C. The van der Waals surface area contributed by atoms with Gasteiger partial charge in [-0.25, -0.2) is 4.99 Å². The molecule has 0 saturated carbocycles. The van der Waals surface area contributed by atoms with E-state index in [-0.39, 0.29) is 6.61 Å². The zero-order chi connectivity index (χ0) is 21.6. The summed E-state index contributed by atoms with van der Waals surface area (Å²) in [5.74, 6) is 2.68. The van der Waals surface area contributed by atoms with Gasteiger partial charge in [0.2, 0.25) is 0 Å². The maximum Gasteiger partial charge on any atom is 0.191 e. The molecule has 0 aliphatic rings. The van der Waals surface area contributed by atoms with Crippen LogP contribution in [0.1, 0.15) is 44.9 Å². The van der Waals surface area contributed by atoms with Crippen molar-refractivity contribution >= 4 is 5.96 Å². The van der Waals surface area contributed by atoms with Crippen LogP contribution in [-0.4, -0.2) is 35.7 Å². The smallest absolute Gasteiger partial charge is 0.191 e. The summed E-state index contributed by atoms with van der Waals surface area (Å²) in [6.45, 7) is 9.38. The van der Waals surface area contributed by atoms with Gasteiger partial charge in [-0.2, -0.15) is 0 Å². The Morgan fingerprint density at radius 1 is 1.13 bits per heavy atom. The van der Waals surface area contributed by atoms with E-state index in [1.165, 1.54) is 0 Å². The highest BCUT2D eigenvalue weighted by Gasteiger charge is 2.11. The van der Waals surface area contributed by atoms with Crippen molar-refractivity contribution in [1.29, 1.82) is 0 Å². The lowest BCUT2D eigenvalue weighted by atomic mass is 9.94. The van der Waals surface area contributed by atoms with E-state index in [9.17, 15) is 5.11 Å². The normalized spacial score (nSPS) is 12.6. The molecule has 0 fully saturated rings. The molecule has 1 aromatic heterocycles. The molecule has 6 nitrogen and oxygen atoms in total. The average Bonchev–Trinajstić information content (AvgIpc) is 2.75. The van der Waals surface area contributed by atoms with Gasteiger partial charge in [-0.3, -0.25) is 4.98 Å². The van der Waals surface area contributed by atoms with Crippen molar-refractivity contribution in [3.63, 3.8) is 0 Å². The molecule has 6 heteroatoms. The van der Waals surface area contributed by atoms with Gasteiger partial charge < -0.3 is 20.5 Å². The van der Waals surface area contributed by atoms with Crippen LogP contribution >= 0.6 is 0 Å². The Morgan fingerprint density at radius 2 is 1.93 bits per heavy atom. The summed E-state index contributed by atoms with van der Waals surface area (Å²) in [7, 11) is 0. The van der Waals surface area contributed by atoms with Gasteiger partial charge in [-0.1, -0.05) is 32.0 Å². The molecule has 2 rings (SSSR count). The Labute approximate surface area is 180 Å². The van der Waals surface area contributed by atoms with Gasteiger partial charge in [0, 0.05) is 25.9 Å². The van der Waals surface area contributed by atoms with E-state index in [0.717, 1.165) is 48.9 Å². The lowest BCUT2D eigenvalue weighted by Gasteiger charge is -2.20. The molecule has 0 saturated heterocycles. The molecule has 0 aliphatic heterocycles. The molecule has 1 aromatic carbocycles. The Bertz CT molecular complexity index is 733. The van der Waals surface area contributed by atoms with E-state index in [0.29, 0.717) is 25.0 Å². The number of aromatic nitrogens is 1. The Morgan fingerprint density at radius 3 is 2.57 bits per heavy atom. The second kappa shape index (κ2) is 13.6. The molecule has 164 valence electrons. The molecule has 0 bridgehead atoms. The molecular formula is C24H36N4O2. The fourth-order valence-electron chi connectivity index (χ4n) is 3.24. The fourth-order valence-corrected chi connectivity index (χ4v) is 3.24. The van der Waals surface area contributed by atoms with Crippen LogP contribution in [-0.2, 0) is 13.2 Å². The highest BCUT2D eigenvalue weighted by molar-refractivity contribution is 5.79. The van der Waals surface area contributed by atoms with Crippen molar-refractivity contribution in [1.82, 2.24) is 15.6 Å². The Kier molecular flexibility index (Phi) is 10.7. The van der Waals surface area contributed by atoms with Crippen LogP contribution in [0.2, 0.25) is 0 Å². The van der Waals surface area contributed by atoms with Crippen LogP contribution in [0.3, 0.4) is 0 Å². The van der Waals surface area contributed by atoms with Gasteiger partial charge in [0.1, 0.15) is 12.4 Å². The molecule has 3 N–H and O–H groups in total. The molecule has 0 radical (unpaired) electrons. The highest BCUT2D eigenvalue weighted by Crippen LogP contribution is 2.15. The molecule has 1 unspecified atom stereocenters. The monoisotopic (exact) mass is 412 g/mol. The van der Waals surface area contributed by atoms with Crippen molar-refractivity contribution in [3.8, 4) is 5.75 Å². The van der Waals surface area contributed by atoms with Crippen LogP contribution < -0.4 is 15.4 Å². The number of hydrogen-bond acceptors (Lipinski definition) is 4. The minimum atomic E-state index is 0.224. The fraction of sp³-hybridized carbons (Fsp3) is 0.500. The van der Waals surface area contributed by atoms with Crippen molar-refractivity contribution in [2.75, 3.05) is 19.7 Å². The third-order valence-corrected chi connectivity index (χ3v) is 4.70. The number of benzene rings is 1. The molecule has 1 atom stereocenters. The average molecular weight is 413 g/mol. The minimum absolute atomic E-state index is 0.224. The van der Waals surface area contributed by atoms with Crippen LogP contribution in [0.15, 0.2) is 53.7 Å². The summed E-state index contributed by atoms with van der Waals surface area (Å²) in [6, 6.07) is 13.8. The van der Waals surface area contributed by atoms with Crippen LogP contribution in [0, 0.1) is 11.8 Å². The second-order valence-corrected chi connectivity index (χ2v) is 7.84. The number of hydrogen-bond donors (Lipinski definition) is 3. The molecule has 30 heavy (non-hydrogen) atoms. The summed E-state index contributed by atoms with van der Waals surface area (Å²) < 4.78 is 5.79. The topological polar surface area (TPSA) is 78.8 Å². The van der Waals surface area contributed by atoms with E-state index in [2.05, 4.69) is 36.4 Å². The number of nitrogens with one attached hydrogen (secondary N) is 2. The summed E-state index contributed by atoms with van der Waals surface area (Å²) >= 11 is 0. The Hall–Kier alpha value is -2.60. The molecule has 0 spiro atoms. The Balaban J connectivity index is 1.86. The number of aliphatic hydroxyl groups excluding tert-OH is 1. The van der Waals surface area contributed by atoms with E-state index >= 15 is 0 Å². The van der Waals surface area contributed by atoms with Crippen molar-refractivity contribution < 1.29 is 9.84 Å². The summed E-state index contributed by atoms with van der Waals surface area (Å²) in [5, 5.41) is 16.0. The molecular weight excluding hydrogens is 376 g/mol. The largest absolute Gasteiger partial charge is 0.487 e. The second-order valence-electron chi connectivity index (χ2n) is 7.84. The maximum absolute atomic E-state index is 9.31. The first-order valence-electron chi connectivity index (χ1n) is 10.8. The van der Waals surface area contributed by atoms with Crippen LogP contribution in [0.25, 0.3) is 0 Å². The predicted octanol–water partition coefficient (Wildman–Crippen LogP) is 3.76. The number of aliphatic imine (C=N–C) groups is 1. The van der Waals surface area contributed by atoms with E-state index in [4.69, 9.17) is 9.73 Å². The number of aliphatic hydroxyl groups is 1.